The molecule has 2 unspecified atom stereocenters. The Hall–Kier alpha value is -3.88. The number of phenols is 4. The van der Waals surface area contributed by atoms with Gasteiger partial charge in [0.2, 0.25) is 0 Å². The van der Waals surface area contributed by atoms with E-state index in [4.69, 9.17) is 20.9 Å². The molecular weight excluding hydrogens is 484 g/mol. The lowest BCUT2D eigenvalue weighted by molar-refractivity contribution is 0.225. The van der Waals surface area contributed by atoms with Crippen molar-refractivity contribution in [3.63, 3.8) is 0 Å². The van der Waals surface area contributed by atoms with Crippen LogP contribution in [0.15, 0.2) is 12.1 Å². The van der Waals surface area contributed by atoms with Gasteiger partial charge in [0, 0.05) is 33.0 Å². The largest absolute Gasteiger partial charge is 0.504 e. The van der Waals surface area contributed by atoms with Gasteiger partial charge in [-0.1, -0.05) is 39.8 Å². The van der Waals surface area contributed by atoms with E-state index in [0.717, 1.165) is 33.0 Å². The van der Waals surface area contributed by atoms with Gasteiger partial charge < -0.3 is 29.9 Å². The van der Waals surface area contributed by atoms with Crippen LogP contribution in [-0.2, 0) is 0 Å². The monoisotopic (exact) mass is 516 g/mol. The molecule has 4 aromatic carbocycles. The summed E-state index contributed by atoms with van der Waals surface area (Å²) in [4.78, 5) is 0. The summed E-state index contributed by atoms with van der Waals surface area (Å²) < 4.78 is 12.4. The number of ether oxygens (including phenoxy) is 2. The van der Waals surface area contributed by atoms with Crippen LogP contribution in [0.2, 0.25) is 0 Å². The quantitative estimate of drug-likeness (QED) is 0.180. The first-order valence-corrected chi connectivity index (χ1v) is 12.8. The van der Waals surface area contributed by atoms with Gasteiger partial charge in [0.1, 0.15) is 11.5 Å². The molecule has 6 rings (SSSR count). The van der Waals surface area contributed by atoms with Crippen LogP contribution in [0.1, 0.15) is 85.4 Å². The fourth-order valence-corrected chi connectivity index (χ4v) is 6.49. The molecule has 4 aromatic rings. The molecule has 2 aliphatic rings. The standard InChI is InChI=1S/C30H32N2O6/c1-9(2)15-13-7-11(5)17(27-19(13)21(29(31)37-27)25(35)23(15)33)18-12(6)8-14-16(10(3)4)24(34)26(36)22-20(14)28(18)38-30(22)32/h7-10,29-30,33-36H,31-32H2,1-6H3. The van der Waals surface area contributed by atoms with Crippen LogP contribution in [-0.4, -0.2) is 20.4 Å². The van der Waals surface area contributed by atoms with Crippen LogP contribution in [0.4, 0.5) is 0 Å². The van der Waals surface area contributed by atoms with E-state index in [1.807, 2.05) is 53.7 Å². The van der Waals surface area contributed by atoms with Crippen molar-refractivity contribution in [2.45, 2.75) is 65.8 Å². The van der Waals surface area contributed by atoms with Gasteiger partial charge in [-0.15, -0.1) is 0 Å². The lowest BCUT2D eigenvalue weighted by Crippen LogP contribution is -2.14. The molecule has 0 fully saturated rings. The van der Waals surface area contributed by atoms with Gasteiger partial charge in [0.05, 0.1) is 11.1 Å². The van der Waals surface area contributed by atoms with E-state index in [1.165, 1.54) is 0 Å². The maximum absolute atomic E-state index is 10.9. The van der Waals surface area contributed by atoms with Gasteiger partial charge in [0.25, 0.3) is 0 Å². The zero-order valence-electron chi connectivity index (χ0n) is 22.2. The van der Waals surface area contributed by atoms with Crippen molar-refractivity contribution in [1.82, 2.24) is 0 Å². The number of nitrogens with two attached hydrogens (primary N) is 2. The predicted molar refractivity (Wildman–Crippen MR) is 146 cm³/mol. The molecule has 0 aromatic heterocycles. The molecule has 8 nitrogen and oxygen atoms in total. The Morgan fingerprint density at radius 1 is 0.632 bits per heavy atom. The molecule has 0 saturated carbocycles. The maximum atomic E-state index is 10.9. The second-order valence-electron chi connectivity index (χ2n) is 11.1. The summed E-state index contributed by atoms with van der Waals surface area (Å²) in [5.74, 6) is -0.0610. The second-order valence-corrected chi connectivity index (χ2v) is 11.1. The van der Waals surface area contributed by atoms with Crippen LogP contribution in [0.25, 0.3) is 32.7 Å². The first-order valence-electron chi connectivity index (χ1n) is 12.8. The van der Waals surface area contributed by atoms with Gasteiger partial charge in [0.15, 0.2) is 35.5 Å². The topological polar surface area (TPSA) is 151 Å². The minimum atomic E-state index is -0.971. The Kier molecular flexibility index (Phi) is 5.03. The molecule has 8 N–H and O–H groups in total. The number of rotatable bonds is 3. The molecule has 2 atom stereocenters. The van der Waals surface area contributed by atoms with Crippen LogP contribution < -0.4 is 20.9 Å². The van der Waals surface area contributed by atoms with E-state index in [9.17, 15) is 20.4 Å². The first-order chi connectivity index (χ1) is 17.9. The van der Waals surface area contributed by atoms with Crippen LogP contribution in [0.5, 0.6) is 34.5 Å². The third kappa shape index (κ3) is 2.87. The van der Waals surface area contributed by atoms with E-state index in [-0.39, 0.29) is 34.8 Å². The van der Waals surface area contributed by atoms with Crippen LogP contribution in [0.3, 0.4) is 0 Å². The fourth-order valence-electron chi connectivity index (χ4n) is 6.49. The Balaban J connectivity index is 1.79. The van der Waals surface area contributed by atoms with Crippen molar-refractivity contribution in [3.8, 4) is 45.6 Å². The summed E-state index contributed by atoms with van der Waals surface area (Å²) in [6, 6.07) is 3.96. The third-order valence-corrected chi connectivity index (χ3v) is 8.01. The lowest BCUT2D eigenvalue weighted by Gasteiger charge is -2.21. The Morgan fingerprint density at radius 3 is 1.29 bits per heavy atom. The van der Waals surface area contributed by atoms with Gasteiger partial charge in [-0.05, 0) is 47.6 Å². The highest BCUT2D eigenvalue weighted by Gasteiger charge is 2.39. The average Bonchev–Trinajstić information content (AvgIpc) is 3.34. The van der Waals surface area contributed by atoms with Gasteiger partial charge in [-0.2, -0.15) is 0 Å². The minimum absolute atomic E-state index is 0.0704. The van der Waals surface area contributed by atoms with E-state index in [1.54, 1.807) is 0 Å². The summed E-state index contributed by atoms with van der Waals surface area (Å²) in [6.45, 7) is 11.7. The van der Waals surface area contributed by atoms with Gasteiger partial charge >= 0.3 is 0 Å². The molecule has 0 bridgehead atoms. The zero-order chi connectivity index (χ0) is 27.5. The van der Waals surface area contributed by atoms with Crippen LogP contribution >= 0.6 is 0 Å². The van der Waals surface area contributed by atoms with Crippen molar-refractivity contribution < 1.29 is 29.9 Å². The van der Waals surface area contributed by atoms with E-state index in [2.05, 4.69) is 0 Å². The highest BCUT2D eigenvalue weighted by molar-refractivity contribution is 6.10. The summed E-state index contributed by atoms with van der Waals surface area (Å²) in [5, 5.41) is 46.4. The number of aromatic hydroxyl groups is 4. The zero-order valence-corrected chi connectivity index (χ0v) is 22.2. The fraction of sp³-hybridized carbons (Fsp3) is 0.333. The summed E-state index contributed by atoms with van der Waals surface area (Å²) in [6.07, 6.45) is -1.94. The lowest BCUT2D eigenvalue weighted by atomic mass is 9.84. The molecule has 38 heavy (non-hydrogen) atoms. The number of benzene rings is 4. The smallest absolute Gasteiger partial charge is 0.178 e. The number of hydrogen-bond acceptors (Lipinski definition) is 8. The molecule has 198 valence electrons. The molecule has 0 amide bonds. The maximum Gasteiger partial charge on any atom is 0.178 e. The average molecular weight is 517 g/mol. The highest BCUT2D eigenvalue weighted by atomic mass is 16.5. The van der Waals surface area contributed by atoms with Crippen molar-refractivity contribution in [3.05, 3.63) is 45.5 Å². The number of aryl methyl sites for hydroxylation is 2. The molecule has 2 heterocycles. The second kappa shape index (κ2) is 7.82. The molecule has 2 aliphatic heterocycles. The first kappa shape index (κ1) is 24.5. The SMILES string of the molecule is Cc1cc2c(C(C)C)c(O)c(O)c3c2c(c1-c1c(C)cc2c(C(C)C)c(O)c(O)c4c2c1OC4N)OC3N. The van der Waals surface area contributed by atoms with E-state index < -0.39 is 12.5 Å². The molecule has 0 spiro atoms. The molecule has 8 heteroatoms. The number of phenolic OH excluding ortho intramolecular Hbond substituents is 4. The molecule has 0 radical (unpaired) electrons. The summed E-state index contributed by atoms with van der Waals surface area (Å²) in [7, 11) is 0. The van der Waals surface area contributed by atoms with Crippen molar-refractivity contribution in [2.24, 2.45) is 11.5 Å². The number of hydrogen-bond donors (Lipinski definition) is 6. The Bertz CT molecular complexity index is 1600. The summed E-state index contributed by atoms with van der Waals surface area (Å²) in [5.41, 5.74) is 17.8. The van der Waals surface area contributed by atoms with Crippen LogP contribution in [0, 0.1) is 13.8 Å². The van der Waals surface area contributed by atoms with Crippen molar-refractivity contribution >= 4 is 21.5 Å². The third-order valence-electron chi connectivity index (χ3n) is 8.01. The van der Waals surface area contributed by atoms with Crippen molar-refractivity contribution in [1.29, 1.82) is 0 Å². The normalized spacial score (nSPS) is 17.7. The molecule has 0 aliphatic carbocycles. The predicted octanol–water partition coefficient (Wildman–Crippen LogP) is 6.05. The minimum Gasteiger partial charge on any atom is -0.504 e. The summed E-state index contributed by atoms with van der Waals surface area (Å²) >= 11 is 0. The van der Waals surface area contributed by atoms with E-state index >= 15 is 0 Å². The van der Waals surface area contributed by atoms with Gasteiger partial charge in [-0.3, -0.25) is 11.5 Å². The van der Waals surface area contributed by atoms with E-state index in [0.29, 0.717) is 44.5 Å². The Labute approximate surface area is 220 Å². The highest BCUT2D eigenvalue weighted by Crippen LogP contribution is 2.60. The van der Waals surface area contributed by atoms with Crippen molar-refractivity contribution in [2.75, 3.05) is 0 Å². The Morgan fingerprint density at radius 2 is 0.974 bits per heavy atom. The van der Waals surface area contributed by atoms with Gasteiger partial charge in [-0.25, -0.2) is 0 Å². The molecular formula is C30H32N2O6. The molecule has 0 saturated heterocycles.